The van der Waals surface area contributed by atoms with Crippen molar-refractivity contribution in [3.8, 4) is 0 Å². The molecule has 0 spiro atoms. The van der Waals surface area contributed by atoms with Crippen LogP contribution in [0.3, 0.4) is 0 Å². The van der Waals surface area contributed by atoms with Gasteiger partial charge in [-0.25, -0.2) is 13.7 Å². The van der Waals surface area contributed by atoms with Crippen molar-refractivity contribution < 1.29 is 54.3 Å². The Morgan fingerprint density at radius 2 is 0.951 bits per heavy atom. The van der Waals surface area contributed by atoms with Crippen molar-refractivity contribution in [1.82, 2.24) is 4.90 Å². The van der Waals surface area contributed by atoms with Gasteiger partial charge in [0.1, 0.15) is 11.6 Å². The molecule has 0 saturated carbocycles. The van der Waals surface area contributed by atoms with E-state index in [2.05, 4.69) is 0 Å². The fourth-order valence-electron chi connectivity index (χ4n) is 9.90. The third kappa shape index (κ3) is 5.83. The number of amides is 4. The first-order valence-electron chi connectivity index (χ1n) is 19.5. The molecule has 0 unspecified atom stereocenters. The molecule has 0 fully saturated rings. The highest BCUT2D eigenvalue weighted by Crippen LogP contribution is 2.57. The van der Waals surface area contributed by atoms with Gasteiger partial charge in [0, 0.05) is 42.8 Å². The van der Waals surface area contributed by atoms with Crippen LogP contribution >= 0.6 is 0 Å². The van der Waals surface area contributed by atoms with Crippen LogP contribution in [0.25, 0.3) is 0 Å². The first-order valence-corrected chi connectivity index (χ1v) is 19.5. The van der Waals surface area contributed by atoms with E-state index in [1.165, 1.54) is 33.8 Å². The van der Waals surface area contributed by atoms with Crippen molar-refractivity contribution in [2.45, 2.75) is 97.2 Å². The molecule has 4 aromatic carbocycles. The van der Waals surface area contributed by atoms with Gasteiger partial charge in [-0.3, -0.25) is 24.1 Å². The van der Waals surface area contributed by atoms with E-state index in [4.69, 9.17) is 0 Å². The number of nitrogens with zero attached hydrogens (tertiary/aromatic N) is 4. The third-order valence-electron chi connectivity index (χ3n) is 12.2. The first-order chi connectivity index (χ1) is 28.1. The monoisotopic (exact) mass is 852 g/mol. The highest BCUT2D eigenvalue weighted by molar-refractivity contribution is 6.35. The Hall–Kier alpha value is -5.80. The fourth-order valence-corrected chi connectivity index (χ4v) is 9.90. The van der Waals surface area contributed by atoms with Gasteiger partial charge < -0.3 is 9.80 Å². The van der Waals surface area contributed by atoms with Gasteiger partial charge in [0.05, 0.1) is 39.3 Å². The lowest BCUT2D eigenvalue weighted by atomic mass is 9.71. The second-order valence-electron chi connectivity index (χ2n) is 18.2. The maximum Gasteiger partial charge on any atom is 0.411 e. The molecule has 61 heavy (non-hydrogen) atoms. The second kappa shape index (κ2) is 13.1. The average molecular weight is 853 g/mol. The van der Waals surface area contributed by atoms with Crippen LogP contribution in [-0.4, -0.2) is 59.5 Å². The zero-order valence-electron chi connectivity index (χ0n) is 34.4. The Kier molecular flexibility index (Phi) is 9.00. The third-order valence-corrected chi connectivity index (χ3v) is 12.2. The molecule has 4 aliphatic rings. The van der Waals surface area contributed by atoms with E-state index in [-0.39, 0.29) is 59.9 Å². The first kappa shape index (κ1) is 41.9. The molecule has 2 bridgehead atoms. The van der Waals surface area contributed by atoms with Crippen molar-refractivity contribution in [2.75, 3.05) is 27.8 Å². The molecule has 0 N–H and O–H groups in total. The summed E-state index contributed by atoms with van der Waals surface area (Å²) in [4.78, 5) is 59.9. The Balaban J connectivity index is 1.27. The van der Waals surface area contributed by atoms with Crippen LogP contribution < -0.4 is 14.7 Å². The fraction of sp³-hybridized carbons (Fsp3) is 0.378. The number of alkyl halides is 6. The highest BCUT2D eigenvalue weighted by atomic mass is 19.4. The Morgan fingerprint density at radius 1 is 0.525 bits per heavy atom. The highest BCUT2D eigenvalue weighted by Gasteiger charge is 2.73. The van der Waals surface area contributed by atoms with Crippen LogP contribution in [0, 0.1) is 25.5 Å². The standard InChI is InChI=1S/C45H40F8N4O4/c1-21-15-31(46)35-29(33(21)41(3,4)5)19-54-13-14-55(35)20-30-34(22(2)16-32(47)36(30)54)56-37(58)25-11-9-23(17-27(25)38(56)59)43(44(48,49)50,45(51,52)53)24-10-12-26-28(18-24)40(61)57(39(26)60)42(6,7)8/h9-12,15-18H,13-14,19-20H2,1-8H3. The summed E-state index contributed by atoms with van der Waals surface area (Å²) in [6.45, 7) is 13.8. The molecular weight excluding hydrogens is 813 g/mol. The lowest BCUT2D eigenvalue weighted by Crippen LogP contribution is -2.55. The maximum atomic E-state index is 16.3. The van der Waals surface area contributed by atoms with E-state index in [1.807, 2.05) is 20.8 Å². The summed E-state index contributed by atoms with van der Waals surface area (Å²) in [5, 5.41) is 0. The Morgan fingerprint density at radius 3 is 1.44 bits per heavy atom. The molecule has 0 saturated heterocycles. The van der Waals surface area contributed by atoms with Crippen LogP contribution in [-0.2, 0) is 23.9 Å². The number of anilines is 3. The van der Waals surface area contributed by atoms with Crippen molar-refractivity contribution >= 4 is 40.7 Å². The molecule has 8 rings (SSSR count). The summed E-state index contributed by atoms with van der Waals surface area (Å²) in [7, 11) is 0. The van der Waals surface area contributed by atoms with Crippen LogP contribution in [0.2, 0.25) is 0 Å². The quantitative estimate of drug-likeness (QED) is 0.151. The minimum absolute atomic E-state index is 0.0237. The summed E-state index contributed by atoms with van der Waals surface area (Å²) in [5.41, 5.74) is -9.16. The van der Waals surface area contributed by atoms with Gasteiger partial charge in [-0.15, -0.1) is 0 Å². The van der Waals surface area contributed by atoms with Crippen LogP contribution in [0.1, 0.15) is 122 Å². The summed E-state index contributed by atoms with van der Waals surface area (Å²) in [6, 6.07) is 5.70. The van der Waals surface area contributed by atoms with Crippen molar-refractivity contribution in [3.05, 3.63) is 121 Å². The zero-order chi connectivity index (χ0) is 44.8. The van der Waals surface area contributed by atoms with Crippen LogP contribution in [0.15, 0.2) is 48.5 Å². The van der Waals surface area contributed by atoms with Crippen molar-refractivity contribution in [3.63, 3.8) is 0 Å². The Labute approximate surface area is 345 Å². The molecule has 0 radical (unpaired) electrons. The van der Waals surface area contributed by atoms with Gasteiger partial charge in [0.2, 0.25) is 5.41 Å². The summed E-state index contributed by atoms with van der Waals surface area (Å²) < 4.78 is 125. The molecule has 4 aromatic rings. The normalized spacial score (nSPS) is 16.9. The zero-order valence-corrected chi connectivity index (χ0v) is 34.4. The number of aryl methyl sites for hydroxylation is 2. The van der Waals surface area contributed by atoms with Crippen LogP contribution in [0.4, 0.5) is 52.2 Å². The van der Waals surface area contributed by atoms with Gasteiger partial charge >= 0.3 is 12.4 Å². The topological polar surface area (TPSA) is 81.2 Å². The molecule has 0 aromatic heterocycles. The minimum Gasteiger partial charge on any atom is -0.363 e. The lowest BCUT2D eigenvalue weighted by Gasteiger charge is -2.38. The number of hydrogen-bond donors (Lipinski definition) is 0. The minimum atomic E-state index is -6.16. The molecule has 8 nitrogen and oxygen atoms in total. The Bertz CT molecular complexity index is 2640. The van der Waals surface area contributed by atoms with Gasteiger partial charge in [0.25, 0.3) is 23.6 Å². The van der Waals surface area contributed by atoms with E-state index in [1.54, 1.807) is 16.7 Å². The molecule has 0 aliphatic carbocycles. The second-order valence-corrected chi connectivity index (χ2v) is 18.2. The van der Waals surface area contributed by atoms with Crippen LogP contribution in [0.5, 0.6) is 0 Å². The van der Waals surface area contributed by atoms with E-state index < -0.39 is 91.8 Å². The van der Waals surface area contributed by atoms with E-state index in [0.29, 0.717) is 46.4 Å². The van der Waals surface area contributed by atoms with Gasteiger partial charge in [-0.2, -0.15) is 26.3 Å². The van der Waals surface area contributed by atoms with Gasteiger partial charge in [-0.05, 0) is 104 Å². The number of imide groups is 2. The van der Waals surface area contributed by atoms with Crippen molar-refractivity contribution in [2.24, 2.45) is 0 Å². The summed E-state index contributed by atoms with van der Waals surface area (Å²) in [5.74, 6) is -5.54. The number of carbonyl (C=O) groups excluding carboxylic acids is 4. The van der Waals surface area contributed by atoms with Gasteiger partial charge in [-0.1, -0.05) is 32.9 Å². The maximum absolute atomic E-state index is 16.3. The smallest absolute Gasteiger partial charge is 0.363 e. The largest absolute Gasteiger partial charge is 0.411 e. The number of hydrogen-bond acceptors (Lipinski definition) is 6. The number of carbonyl (C=O) groups is 4. The summed E-state index contributed by atoms with van der Waals surface area (Å²) >= 11 is 0. The molecule has 320 valence electrons. The van der Waals surface area contributed by atoms with E-state index >= 15 is 35.1 Å². The van der Waals surface area contributed by atoms with Gasteiger partial charge in [0.15, 0.2) is 0 Å². The van der Waals surface area contributed by atoms with E-state index in [0.717, 1.165) is 22.6 Å². The summed E-state index contributed by atoms with van der Waals surface area (Å²) in [6.07, 6.45) is -12.3. The molecular formula is C45H40F8N4O4. The number of benzene rings is 4. The predicted octanol–water partition coefficient (Wildman–Crippen LogP) is 9.83. The average Bonchev–Trinajstić information content (AvgIpc) is 3.31. The molecule has 4 aliphatic heterocycles. The van der Waals surface area contributed by atoms with E-state index in [9.17, 15) is 19.2 Å². The number of fused-ring (bicyclic) bond motifs is 9. The molecule has 0 atom stereocenters. The number of halogens is 8. The molecule has 4 amide bonds. The lowest BCUT2D eigenvalue weighted by molar-refractivity contribution is -0.288. The molecule has 16 heteroatoms. The molecule has 4 heterocycles. The predicted molar refractivity (Wildman–Crippen MR) is 210 cm³/mol. The van der Waals surface area contributed by atoms with Crippen molar-refractivity contribution in [1.29, 1.82) is 0 Å². The SMILES string of the molecule is Cc1cc(F)c2c(c1N1C(=O)c3ccc(C(c4ccc5c(c4)C(=O)N(C(C)(C)C)C5=O)(C(F)(F)F)C(F)(F)F)cc3C1=O)CN1CCN2Cc2c1c(F)cc(C)c2C(C)(C)C. The number of rotatable bonds is 3.